The van der Waals surface area contributed by atoms with Crippen molar-refractivity contribution in [2.24, 2.45) is 31.1 Å². The molecule has 0 aromatic heterocycles. The lowest BCUT2D eigenvalue weighted by Crippen LogP contribution is -1.85. The molecule has 0 atom stereocenters. The first-order valence-electron chi connectivity index (χ1n) is 6.13. The Labute approximate surface area is 96.3 Å². The quantitative estimate of drug-likeness (QED) is 0.588. The first-order valence-corrected chi connectivity index (χ1v) is 6.13. The van der Waals surface area contributed by atoms with Crippen molar-refractivity contribution in [1.82, 2.24) is 0 Å². The van der Waals surface area contributed by atoms with Crippen LogP contribution in [0.15, 0.2) is 31.1 Å². The van der Waals surface area contributed by atoms with E-state index in [0.29, 0.717) is 0 Å². The summed E-state index contributed by atoms with van der Waals surface area (Å²) < 4.78 is 0. The maximum atomic E-state index is 3.86. The van der Waals surface area contributed by atoms with Crippen molar-refractivity contribution in [2.75, 3.05) is 13.1 Å². The molecule has 90 valence electrons. The molecule has 0 saturated carbocycles. The van der Waals surface area contributed by atoms with Gasteiger partial charge in [-0.3, -0.25) is 0 Å². The van der Waals surface area contributed by atoms with Crippen molar-refractivity contribution in [2.45, 2.75) is 51.4 Å². The second kappa shape index (κ2) is 10.3. The van der Waals surface area contributed by atoms with E-state index in [1.165, 1.54) is 38.5 Å². The van der Waals surface area contributed by atoms with E-state index in [1.807, 2.05) is 0 Å². The molecule has 1 aliphatic heterocycles. The lowest BCUT2D eigenvalue weighted by Gasteiger charge is -2.00. The van der Waals surface area contributed by atoms with Crippen LogP contribution in [0.4, 0.5) is 0 Å². The summed E-state index contributed by atoms with van der Waals surface area (Å²) in [5.41, 5.74) is 0. The molecule has 0 fully saturated rings. The van der Waals surface area contributed by atoms with Gasteiger partial charge in [0.25, 0.3) is 0 Å². The molecular formula is C10H20N6. The molecule has 6 heteroatoms. The first kappa shape index (κ1) is 12.9. The summed E-state index contributed by atoms with van der Waals surface area (Å²) in [7, 11) is 0. The molecular weight excluding hydrogens is 204 g/mol. The summed E-state index contributed by atoms with van der Waals surface area (Å²) in [5.74, 6) is 0. The fourth-order valence-corrected chi connectivity index (χ4v) is 1.61. The van der Waals surface area contributed by atoms with Crippen LogP contribution in [0.2, 0.25) is 0 Å². The van der Waals surface area contributed by atoms with Crippen molar-refractivity contribution in [1.29, 1.82) is 0 Å². The van der Waals surface area contributed by atoms with Gasteiger partial charge in [0.15, 0.2) is 0 Å². The highest BCUT2D eigenvalue weighted by molar-refractivity contribution is 4.49. The molecule has 0 spiro atoms. The Hall–Kier alpha value is -1.20. The predicted octanol–water partition coefficient (Wildman–Crippen LogP) is 4.31. The number of rotatable bonds is 0. The van der Waals surface area contributed by atoms with Crippen LogP contribution in [0.1, 0.15) is 51.4 Å². The van der Waals surface area contributed by atoms with E-state index in [4.69, 9.17) is 0 Å². The van der Waals surface area contributed by atoms with Gasteiger partial charge < -0.3 is 0 Å². The van der Waals surface area contributed by atoms with Gasteiger partial charge in [-0.05, 0) is 33.7 Å². The monoisotopic (exact) mass is 224 g/mol. The van der Waals surface area contributed by atoms with Crippen molar-refractivity contribution < 1.29 is 0 Å². The zero-order valence-electron chi connectivity index (χ0n) is 9.75. The minimum atomic E-state index is 0.732. The van der Waals surface area contributed by atoms with Crippen molar-refractivity contribution >= 4 is 0 Å². The molecule has 1 rings (SSSR count). The molecule has 0 radical (unpaired) electrons. The van der Waals surface area contributed by atoms with Crippen LogP contribution < -0.4 is 0 Å². The summed E-state index contributed by atoms with van der Waals surface area (Å²) in [6.45, 7) is 1.46. The highest BCUT2D eigenvalue weighted by atomic mass is 15.6. The third-order valence-electron chi connectivity index (χ3n) is 2.51. The minimum absolute atomic E-state index is 0.732. The molecule has 1 heterocycles. The molecule has 6 nitrogen and oxygen atoms in total. The molecule has 0 unspecified atom stereocenters. The molecule has 0 bridgehead atoms. The lowest BCUT2D eigenvalue weighted by molar-refractivity contribution is 0.564. The Morgan fingerprint density at radius 1 is 0.375 bits per heavy atom. The molecule has 0 N–H and O–H groups in total. The highest BCUT2D eigenvalue weighted by Gasteiger charge is 1.92. The average molecular weight is 224 g/mol. The number of hydrogen-bond donors (Lipinski definition) is 0. The fraction of sp³-hybridized carbons (Fsp3) is 1.00. The fourth-order valence-electron chi connectivity index (χ4n) is 1.61. The number of hydrogen-bond acceptors (Lipinski definition) is 6. The Kier molecular flexibility index (Phi) is 8.30. The molecule has 0 aliphatic carbocycles. The lowest BCUT2D eigenvalue weighted by atomic mass is 10.1. The second-order valence-corrected chi connectivity index (χ2v) is 3.92. The van der Waals surface area contributed by atoms with Crippen LogP contribution in [0.25, 0.3) is 0 Å². The van der Waals surface area contributed by atoms with Crippen LogP contribution in [-0.4, -0.2) is 13.1 Å². The molecule has 0 aromatic rings. The van der Waals surface area contributed by atoms with Gasteiger partial charge in [-0.15, -0.1) is 0 Å². The van der Waals surface area contributed by atoms with E-state index in [1.54, 1.807) is 0 Å². The Bertz CT molecular complexity index is 211. The van der Waals surface area contributed by atoms with Crippen LogP contribution in [0, 0.1) is 0 Å². The highest BCUT2D eigenvalue weighted by Crippen LogP contribution is 2.09. The zero-order chi connectivity index (χ0) is 11.3. The Morgan fingerprint density at radius 2 is 0.750 bits per heavy atom. The Morgan fingerprint density at radius 3 is 1.19 bits per heavy atom. The zero-order valence-corrected chi connectivity index (χ0v) is 9.75. The standard InChI is InChI=1S/C10H20N6/c1-2-4-6-8-10-12-14-16-15-13-11-9-7-5-3-1/h1-10H2/b13-11-,14-12+,16-15+. The van der Waals surface area contributed by atoms with E-state index in [-0.39, 0.29) is 0 Å². The maximum absolute atomic E-state index is 3.86. The van der Waals surface area contributed by atoms with Crippen LogP contribution in [0.5, 0.6) is 0 Å². The summed E-state index contributed by atoms with van der Waals surface area (Å²) >= 11 is 0. The van der Waals surface area contributed by atoms with Gasteiger partial charge in [0.2, 0.25) is 0 Å². The van der Waals surface area contributed by atoms with Gasteiger partial charge in [0.1, 0.15) is 0 Å². The molecule has 0 saturated heterocycles. The van der Waals surface area contributed by atoms with E-state index in [0.717, 1.165) is 25.9 Å². The van der Waals surface area contributed by atoms with E-state index >= 15 is 0 Å². The van der Waals surface area contributed by atoms with Gasteiger partial charge in [0, 0.05) is 0 Å². The van der Waals surface area contributed by atoms with Gasteiger partial charge in [-0.2, -0.15) is 10.2 Å². The van der Waals surface area contributed by atoms with Crippen LogP contribution in [-0.2, 0) is 0 Å². The smallest absolute Gasteiger partial charge is 0.0621 e. The normalized spacial score (nSPS) is 27.0. The Balaban J connectivity index is 2.23. The molecule has 16 heavy (non-hydrogen) atoms. The maximum Gasteiger partial charge on any atom is 0.0621 e. The van der Waals surface area contributed by atoms with Crippen molar-refractivity contribution in [3.63, 3.8) is 0 Å². The topological polar surface area (TPSA) is 74.2 Å². The van der Waals surface area contributed by atoms with Gasteiger partial charge in [0.05, 0.1) is 13.1 Å². The third kappa shape index (κ3) is 8.14. The van der Waals surface area contributed by atoms with Crippen LogP contribution >= 0.6 is 0 Å². The average Bonchev–Trinajstić information content (AvgIpc) is 2.29. The van der Waals surface area contributed by atoms with Crippen molar-refractivity contribution in [3.8, 4) is 0 Å². The molecule has 0 amide bonds. The molecule has 0 aromatic carbocycles. The second-order valence-electron chi connectivity index (χ2n) is 3.92. The summed E-state index contributed by atoms with van der Waals surface area (Å²) in [4.78, 5) is 0. The van der Waals surface area contributed by atoms with Gasteiger partial charge in [-0.25, -0.2) is 0 Å². The van der Waals surface area contributed by atoms with Gasteiger partial charge >= 0.3 is 0 Å². The summed E-state index contributed by atoms with van der Waals surface area (Å²) in [5, 5.41) is 21.6. The largest absolute Gasteiger partial charge is 0.167 e. The third-order valence-corrected chi connectivity index (χ3v) is 2.51. The summed E-state index contributed by atoms with van der Waals surface area (Å²) in [6.07, 6.45) is 9.90. The van der Waals surface area contributed by atoms with E-state index in [2.05, 4.69) is 31.1 Å². The minimum Gasteiger partial charge on any atom is -0.167 e. The number of nitrogens with zero attached hydrogens (tertiary/aromatic N) is 6. The van der Waals surface area contributed by atoms with Crippen molar-refractivity contribution in [3.05, 3.63) is 0 Å². The van der Waals surface area contributed by atoms with E-state index < -0.39 is 0 Å². The van der Waals surface area contributed by atoms with E-state index in [9.17, 15) is 0 Å². The van der Waals surface area contributed by atoms with Gasteiger partial charge in [-0.1, -0.05) is 38.5 Å². The summed E-state index contributed by atoms with van der Waals surface area (Å²) in [6, 6.07) is 0. The predicted molar refractivity (Wildman–Crippen MR) is 61.2 cm³/mol. The van der Waals surface area contributed by atoms with Crippen LogP contribution in [0.3, 0.4) is 0 Å². The SMILES string of the molecule is C1CCCCC/N=N/N=N/N=N\CCCC1. The first-order chi connectivity index (χ1) is 8.00. The molecule has 1 aliphatic rings.